The Morgan fingerprint density at radius 3 is 2.63 bits per heavy atom. The van der Waals surface area contributed by atoms with E-state index in [-0.39, 0.29) is 35.1 Å². The number of fused-ring (bicyclic) bond motifs is 1. The maximum Gasteiger partial charge on any atom is 0.278 e. The van der Waals surface area contributed by atoms with Crippen molar-refractivity contribution in [2.24, 2.45) is 0 Å². The van der Waals surface area contributed by atoms with E-state index in [1.54, 1.807) is 6.26 Å². The van der Waals surface area contributed by atoms with Gasteiger partial charge in [0.25, 0.3) is 12.0 Å². The van der Waals surface area contributed by atoms with Gasteiger partial charge in [-0.05, 0) is 20.1 Å². The summed E-state index contributed by atoms with van der Waals surface area (Å²) in [5, 5.41) is 10.9. The normalized spacial score (nSPS) is 12.1. The van der Waals surface area contributed by atoms with Crippen molar-refractivity contribution in [2.75, 3.05) is 20.2 Å². The zero-order chi connectivity index (χ0) is 22.1. The minimum absolute atomic E-state index is 0.0725. The second-order valence-corrected chi connectivity index (χ2v) is 7.61. The number of alkyl halides is 2. The molecule has 0 aliphatic heterocycles. The number of hydrogen-bond donors (Lipinski definition) is 1. The third-order valence-corrected chi connectivity index (χ3v) is 4.68. The summed E-state index contributed by atoms with van der Waals surface area (Å²) < 4.78 is 39.0. The number of ether oxygens (including phenoxy) is 2. The molecule has 0 aromatic carbocycles. The summed E-state index contributed by atoms with van der Waals surface area (Å²) in [5.74, 6) is 0.357. The highest BCUT2D eigenvalue weighted by molar-refractivity contribution is 7.98. The number of halogens is 2. The zero-order valence-electron chi connectivity index (χ0n) is 16.8. The summed E-state index contributed by atoms with van der Waals surface area (Å²) in [5.41, 5.74) is -1.70. The van der Waals surface area contributed by atoms with Crippen LogP contribution in [0.4, 0.5) is 8.78 Å². The van der Waals surface area contributed by atoms with E-state index in [2.05, 4.69) is 15.0 Å². The van der Waals surface area contributed by atoms with Crippen LogP contribution in [0.5, 0.6) is 5.75 Å². The Hall–Kier alpha value is -2.57. The van der Waals surface area contributed by atoms with Crippen molar-refractivity contribution >= 4 is 22.8 Å². The van der Waals surface area contributed by atoms with E-state index in [4.69, 9.17) is 9.47 Å². The third kappa shape index (κ3) is 4.45. The standard InChI is InChI=1S/C18H21F2N5O4S/c1-18(2,27)12-5-10(29-9-28-3)6-14(22-12)25-15-11(7-21-17(23-15)30-4)16(26)24(25)8-13(19)20/h5-7,13,27H,8-9H2,1-4H3. The number of aliphatic hydroxyl groups is 1. The van der Waals surface area contributed by atoms with Crippen LogP contribution in [0, 0.1) is 0 Å². The first-order chi connectivity index (χ1) is 14.2. The minimum Gasteiger partial charge on any atom is -0.467 e. The Bertz CT molecular complexity index is 1110. The highest BCUT2D eigenvalue weighted by atomic mass is 32.2. The van der Waals surface area contributed by atoms with Crippen LogP contribution in [0.15, 0.2) is 28.3 Å². The van der Waals surface area contributed by atoms with E-state index in [1.165, 1.54) is 55.7 Å². The van der Waals surface area contributed by atoms with Crippen molar-refractivity contribution in [3.8, 4) is 11.6 Å². The second kappa shape index (κ2) is 8.66. The molecule has 0 amide bonds. The molecule has 12 heteroatoms. The lowest BCUT2D eigenvalue weighted by Gasteiger charge is -2.20. The van der Waals surface area contributed by atoms with Gasteiger partial charge in [-0.25, -0.2) is 33.1 Å². The van der Waals surface area contributed by atoms with Gasteiger partial charge in [-0.1, -0.05) is 11.8 Å². The van der Waals surface area contributed by atoms with Crippen LogP contribution < -0.4 is 10.3 Å². The van der Waals surface area contributed by atoms with Crippen LogP contribution in [-0.2, 0) is 16.9 Å². The molecule has 3 aromatic rings. The van der Waals surface area contributed by atoms with Gasteiger partial charge in [-0.3, -0.25) is 4.79 Å². The van der Waals surface area contributed by atoms with Gasteiger partial charge in [0.2, 0.25) is 0 Å². The van der Waals surface area contributed by atoms with Gasteiger partial charge < -0.3 is 14.6 Å². The molecule has 9 nitrogen and oxygen atoms in total. The number of nitrogens with zero attached hydrogens (tertiary/aromatic N) is 5. The van der Waals surface area contributed by atoms with Crippen molar-refractivity contribution < 1.29 is 23.4 Å². The van der Waals surface area contributed by atoms with E-state index in [0.29, 0.717) is 5.16 Å². The fourth-order valence-corrected chi connectivity index (χ4v) is 3.10. The molecule has 0 aliphatic rings. The molecule has 162 valence electrons. The largest absolute Gasteiger partial charge is 0.467 e. The van der Waals surface area contributed by atoms with Crippen LogP contribution in [0.3, 0.4) is 0 Å². The second-order valence-electron chi connectivity index (χ2n) is 6.84. The quantitative estimate of drug-likeness (QED) is 0.322. The Morgan fingerprint density at radius 2 is 2.03 bits per heavy atom. The molecule has 3 heterocycles. The molecule has 3 aromatic heterocycles. The molecule has 30 heavy (non-hydrogen) atoms. The molecule has 1 N–H and O–H groups in total. The topological polar surface area (TPSA) is 104 Å². The van der Waals surface area contributed by atoms with Crippen molar-refractivity contribution in [3.05, 3.63) is 34.4 Å². The van der Waals surface area contributed by atoms with E-state index < -0.39 is 24.1 Å². The molecule has 3 rings (SSSR count). The number of pyridine rings is 1. The number of rotatable bonds is 8. The van der Waals surface area contributed by atoms with Gasteiger partial charge in [0.1, 0.15) is 23.3 Å². The lowest BCUT2D eigenvalue weighted by atomic mass is 10.0. The van der Waals surface area contributed by atoms with Crippen molar-refractivity contribution in [1.82, 2.24) is 24.3 Å². The monoisotopic (exact) mass is 441 g/mol. The van der Waals surface area contributed by atoms with Gasteiger partial charge in [-0.2, -0.15) is 0 Å². The predicted molar refractivity (Wildman–Crippen MR) is 106 cm³/mol. The summed E-state index contributed by atoms with van der Waals surface area (Å²) >= 11 is 1.24. The minimum atomic E-state index is -2.79. The van der Waals surface area contributed by atoms with Crippen molar-refractivity contribution in [3.63, 3.8) is 0 Å². The Morgan fingerprint density at radius 1 is 1.30 bits per heavy atom. The zero-order valence-corrected chi connectivity index (χ0v) is 17.6. The SMILES string of the molecule is COCOc1cc(-n2c3nc(SC)ncc3c(=O)n2CC(F)F)nc(C(C)(C)O)c1. The smallest absolute Gasteiger partial charge is 0.278 e. The molecule has 0 saturated carbocycles. The molecule has 0 atom stereocenters. The maximum atomic E-state index is 13.3. The van der Waals surface area contributed by atoms with Gasteiger partial charge in [0, 0.05) is 25.4 Å². The molecule has 0 saturated heterocycles. The molecule has 0 radical (unpaired) electrons. The summed E-state index contributed by atoms with van der Waals surface area (Å²) in [4.78, 5) is 25.6. The lowest BCUT2D eigenvalue weighted by Crippen LogP contribution is -2.27. The Labute approximate surface area is 174 Å². The van der Waals surface area contributed by atoms with E-state index >= 15 is 0 Å². The molecule has 0 spiro atoms. The fourth-order valence-electron chi connectivity index (χ4n) is 2.76. The maximum absolute atomic E-state index is 13.3. The molecular weight excluding hydrogens is 420 g/mol. The van der Waals surface area contributed by atoms with Crippen molar-refractivity contribution in [2.45, 2.75) is 37.6 Å². The number of hydrogen-bond acceptors (Lipinski definition) is 8. The fraction of sp³-hybridized carbons (Fsp3) is 0.444. The molecule has 0 unspecified atom stereocenters. The lowest BCUT2D eigenvalue weighted by molar-refractivity contribution is 0.0490. The van der Waals surface area contributed by atoms with E-state index in [9.17, 15) is 18.7 Å². The highest BCUT2D eigenvalue weighted by Gasteiger charge is 2.24. The van der Waals surface area contributed by atoms with Crippen LogP contribution in [0.25, 0.3) is 16.9 Å². The predicted octanol–water partition coefficient (Wildman–Crippen LogP) is 2.17. The number of aromatic nitrogens is 5. The van der Waals surface area contributed by atoms with Gasteiger partial charge >= 0.3 is 0 Å². The van der Waals surface area contributed by atoms with E-state index in [0.717, 1.165) is 4.68 Å². The number of methoxy groups -OCH3 is 1. The van der Waals surface area contributed by atoms with Gasteiger partial charge in [0.15, 0.2) is 23.4 Å². The summed E-state index contributed by atoms with van der Waals surface area (Å²) in [6.07, 6.45) is 0.265. The van der Waals surface area contributed by atoms with E-state index in [1.807, 2.05) is 0 Å². The third-order valence-electron chi connectivity index (χ3n) is 4.12. The average Bonchev–Trinajstić information content (AvgIpc) is 2.96. The Kier molecular flexibility index (Phi) is 6.38. The molecular formula is C18H21F2N5O4S. The highest BCUT2D eigenvalue weighted by Crippen LogP contribution is 2.26. The molecule has 0 fully saturated rings. The summed E-state index contributed by atoms with van der Waals surface area (Å²) in [6, 6.07) is 2.96. The number of thioether (sulfide) groups is 1. The summed E-state index contributed by atoms with van der Waals surface area (Å²) in [6.45, 7) is 2.09. The first kappa shape index (κ1) is 22.1. The van der Waals surface area contributed by atoms with Crippen LogP contribution in [-0.4, -0.2) is 56.0 Å². The molecule has 0 bridgehead atoms. The molecule has 0 aliphatic carbocycles. The summed E-state index contributed by atoms with van der Waals surface area (Å²) in [7, 11) is 1.44. The van der Waals surface area contributed by atoms with Crippen molar-refractivity contribution in [1.29, 1.82) is 0 Å². The van der Waals surface area contributed by atoms with Crippen LogP contribution in [0.2, 0.25) is 0 Å². The van der Waals surface area contributed by atoms with Crippen LogP contribution in [0.1, 0.15) is 19.5 Å². The van der Waals surface area contributed by atoms with Gasteiger partial charge in [-0.15, -0.1) is 0 Å². The Balaban J connectivity index is 2.34. The van der Waals surface area contributed by atoms with Crippen LogP contribution >= 0.6 is 11.8 Å². The average molecular weight is 441 g/mol. The first-order valence-corrected chi connectivity index (χ1v) is 10.1. The van der Waals surface area contributed by atoms with Gasteiger partial charge in [0.05, 0.1) is 5.69 Å². The first-order valence-electron chi connectivity index (χ1n) is 8.83.